The lowest BCUT2D eigenvalue weighted by atomic mass is 10.2. The number of quaternary nitrogens is 2. The van der Waals surface area contributed by atoms with Gasteiger partial charge in [0.05, 0.1) is 41.3 Å². The molecule has 0 amide bonds. The van der Waals surface area contributed by atoms with Crippen molar-refractivity contribution in [1.29, 1.82) is 0 Å². The Kier molecular flexibility index (Phi) is 18.7. The molecule has 0 bridgehead atoms. The summed E-state index contributed by atoms with van der Waals surface area (Å²) in [4.78, 5) is 0. The third-order valence-corrected chi connectivity index (χ3v) is 3.83. The Hall–Kier alpha value is 0.500. The summed E-state index contributed by atoms with van der Waals surface area (Å²) in [5.74, 6) is 13.1. The van der Waals surface area contributed by atoms with Crippen molar-refractivity contribution in [2.45, 2.75) is 39.5 Å². The van der Waals surface area contributed by atoms with Gasteiger partial charge in [0.2, 0.25) is 0 Å². The van der Waals surface area contributed by atoms with Gasteiger partial charge in [-0.15, -0.1) is 0 Å². The fourth-order valence-electron chi connectivity index (χ4n) is 1.37. The lowest BCUT2D eigenvalue weighted by Gasteiger charge is -2.25. The first-order chi connectivity index (χ1) is 9.33. The second kappa shape index (κ2) is 15.1. The predicted octanol–water partition coefficient (Wildman–Crippen LogP) is -3.25. The summed E-state index contributed by atoms with van der Waals surface area (Å²) in [7, 11) is 8.89. The minimum Gasteiger partial charge on any atom is -1.00 e. The van der Waals surface area contributed by atoms with Gasteiger partial charge in [0.15, 0.2) is 0 Å². The van der Waals surface area contributed by atoms with E-state index in [2.05, 4.69) is 65.7 Å². The molecule has 0 aliphatic rings. The fourth-order valence-corrected chi connectivity index (χ4v) is 1.37. The molecule has 0 aliphatic heterocycles. The van der Waals surface area contributed by atoms with Crippen LogP contribution in [0.2, 0.25) is 0 Å². The minimum atomic E-state index is 0. The molecule has 0 radical (unpaired) electrons. The summed E-state index contributed by atoms with van der Waals surface area (Å²) in [5, 5.41) is 0. The van der Waals surface area contributed by atoms with Gasteiger partial charge in [-0.05, 0) is 38.5 Å². The van der Waals surface area contributed by atoms with E-state index < -0.39 is 0 Å². The van der Waals surface area contributed by atoms with Gasteiger partial charge in [-0.1, -0.05) is 11.8 Å². The highest BCUT2D eigenvalue weighted by Crippen LogP contribution is 1.99. The Balaban J connectivity index is -0.00000180. The average Bonchev–Trinajstić information content (AvgIpc) is 2.41. The SMILES string of the molecule is CC[N+](C)(C)CC#CCCCCC#CC[N+](C)(C)CC.[I-].[I-]. The van der Waals surface area contributed by atoms with Crippen LogP contribution in [-0.2, 0) is 0 Å². The second-order valence-electron chi connectivity index (χ2n) is 6.73. The summed E-state index contributed by atoms with van der Waals surface area (Å²) in [6, 6.07) is 0. The lowest BCUT2D eigenvalue weighted by Crippen LogP contribution is -3.00. The first kappa shape index (κ1) is 27.4. The molecule has 0 aromatic heterocycles. The smallest absolute Gasteiger partial charge is 0.140 e. The maximum Gasteiger partial charge on any atom is 0.140 e. The van der Waals surface area contributed by atoms with Crippen LogP contribution in [-0.4, -0.2) is 63.3 Å². The maximum atomic E-state index is 3.29. The van der Waals surface area contributed by atoms with E-state index in [-0.39, 0.29) is 48.0 Å². The number of halogens is 2. The molecule has 22 heavy (non-hydrogen) atoms. The van der Waals surface area contributed by atoms with Crippen molar-refractivity contribution in [3.63, 3.8) is 0 Å². The Morgan fingerprint density at radius 2 is 0.909 bits per heavy atom. The van der Waals surface area contributed by atoms with E-state index in [0.29, 0.717) is 0 Å². The van der Waals surface area contributed by atoms with Crippen LogP contribution in [0.1, 0.15) is 39.5 Å². The summed E-state index contributed by atoms with van der Waals surface area (Å²) in [6.45, 7) is 8.60. The topological polar surface area (TPSA) is 0 Å². The third kappa shape index (κ3) is 16.9. The number of nitrogens with zero attached hydrogens (tertiary/aromatic N) is 2. The lowest BCUT2D eigenvalue weighted by molar-refractivity contribution is -0.881. The molecule has 0 saturated heterocycles. The molecular weight excluding hydrogens is 498 g/mol. The van der Waals surface area contributed by atoms with Crippen LogP contribution in [0.25, 0.3) is 0 Å². The zero-order valence-corrected chi connectivity index (χ0v) is 19.6. The van der Waals surface area contributed by atoms with E-state index in [9.17, 15) is 0 Å². The van der Waals surface area contributed by atoms with Gasteiger partial charge in [-0.2, -0.15) is 0 Å². The van der Waals surface area contributed by atoms with Gasteiger partial charge in [-0.3, -0.25) is 0 Å². The van der Waals surface area contributed by atoms with E-state index >= 15 is 0 Å². The zero-order valence-electron chi connectivity index (χ0n) is 15.3. The van der Waals surface area contributed by atoms with E-state index in [4.69, 9.17) is 0 Å². The van der Waals surface area contributed by atoms with Crippen LogP contribution in [0, 0.1) is 23.7 Å². The Labute approximate surface area is 173 Å². The molecule has 0 heterocycles. The highest BCUT2D eigenvalue weighted by Gasteiger charge is 2.08. The zero-order chi connectivity index (χ0) is 15.5. The van der Waals surface area contributed by atoms with E-state index in [1.54, 1.807) is 0 Å². The van der Waals surface area contributed by atoms with Gasteiger partial charge >= 0.3 is 0 Å². The standard InChI is InChI=1S/C18H34N2.2HI/c1-7-19(3,4)17-15-13-11-9-10-12-14-16-18-20(5,6)8-2;;/h7-12,17-18H2,1-6H3;2*1H/q+2;;/p-2. The van der Waals surface area contributed by atoms with Gasteiger partial charge in [0, 0.05) is 12.8 Å². The molecule has 130 valence electrons. The van der Waals surface area contributed by atoms with Crippen molar-refractivity contribution in [2.75, 3.05) is 54.4 Å². The Morgan fingerprint density at radius 3 is 1.18 bits per heavy atom. The van der Waals surface area contributed by atoms with Crippen LogP contribution >= 0.6 is 0 Å². The molecular formula is C18H34I2N2. The molecule has 0 unspecified atom stereocenters. The largest absolute Gasteiger partial charge is 1.00 e. The van der Waals surface area contributed by atoms with Gasteiger partial charge in [0.1, 0.15) is 13.1 Å². The summed E-state index contributed by atoms with van der Waals surface area (Å²) < 4.78 is 1.98. The van der Waals surface area contributed by atoms with Crippen LogP contribution in [0.15, 0.2) is 0 Å². The average molecular weight is 532 g/mol. The fraction of sp³-hybridized carbons (Fsp3) is 0.778. The number of hydrogen-bond donors (Lipinski definition) is 0. The van der Waals surface area contributed by atoms with E-state index in [1.807, 2.05) is 0 Å². The quantitative estimate of drug-likeness (QED) is 0.140. The molecule has 0 fully saturated rings. The highest BCUT2D eigenvalue weighted by atomic mass is 127. The van der Waals surface area contributed by atoms with Crippen molar-refractivity contribution in [3.05, 3.63) is 0 Å². The molecule has 0 aromatic rings. The minimum absolute atomic E-state index is 0. The normalized spacial score (nSPS) is 10.3. The summed E-state index contributed by atoms with van der Waals surface area (Å²) in [6.07, 6.45) is 4.38. The second-order valence-corrected chi connectivity index (χ2v) is 6.73. The molecule has 0 spiro atoms. The predicted molar refractivity (Wildman–Crippen MR) is 89.1 cm³/mol. The van der Waals surface area contributed by atoms with E-state index in [0.717, 1.165) is 48.0 Å². The van der Waals surface area contributed by atoms with Gasteiger partial charge in [0.25, 0.3) is 0 Å². The molecule has 0 aromatic carbocycles. The van der Waals surface area contributed by atoms with Crippen LogP contribution in [0.5, 0.6) is 0 Å². The number of rotatable bonds is 7. The summed E-state index contributed by atoms with van der Waals surface area (Å²) in [5.41, 5.74) is 0. The molecule has 0 aliphatic carbocycles. The highest BCUT2D eigenvalue weighted by molar-refractivity contribution is 5.01. The van der Waals surface area contributed by atoms with Crippen LogP contribution < -0.4 is 48.0 Å². The molecule has 0 atom stereocenters. The van der Waals surface area contributed by atoms with Crippen LogP contribution in [0.3, 0.4) is 0 Å². The monoisotopic (exact) mass is 532 g/mol. The Morgan fingerprint density at radius 1 is 0.591 bits per heavy atom. The van der Waals surface area contributed by atoms with Crippen molar-refractivity contribution in [2.24, 2.45) is 0 Å². The molecule has 0 N–H and O–H groups in total. The van der Waals surface area contributed by atoms with Crippen molar-refractivity contribution >= 4 is 0 Å². The van der Waals surface area contributed by atoms with Crippen LogP contribution in [0.4, 0.5) is 0 Å². The number of unbranched alkanes of at least 4 members (excludes halogenated alkanes) is 3. The Bertz CT molecular complexity index is 343. The van der Waals surface area contributed by atoms with Gasteiger partial charge < -0.3 is 56.9 Å². The first-order valence-corrected chi connectivity index (χ1v) is 7.88. The molecule has 0 saturated carbocycles. The number of hydrogen-bond acceptors (Lipinski definition) is 0. The van der Waals surface area contributed by atoms with Crippen molar-refractivity contribution < 1.29 is 56.9 Å². The third-order valence-electron chi connectivity index (χ3n) is 3.83. The van der Waals surface area contributed by atoms with Crippen molar-refractivity contribution in [3.8, 4) is 23.7 Å². The van der Waals surface area contributed by atoms with Crippen molar-refractivity contribution in [1.82, 2.24) is 0 Å². The molecule has 2 nitrogen and oxygen atoms in total. The van der Waals surface area contributed by atoms with Gasteiger partial charge in [-0.25, -0.2) is 0 Å². The maximum absolute atomic E-state index is 3.29. The molecule has 0 rings (SSSR count). The van der Waals surface area contributed by atoms with E-state index in [1.165, 1.54) is 12.8 Å². The first-order valence-electron chi connectivity index (χ1n) is 7.88. The summed E-state index contributed by atoms with van der Waals surface area (Å²) >= 11 is 0. The molecule has 4 heteroatoms.